The maximum Gasteiger partial charge on any atom is 0.239 e. The maximum absolute atomic E-state index is 12.4. The molecule has 1 aliphatic heterocycles. The molecule has 1 saturated heterocycles. The van der Waals surface area contributed by atoms with E-state index in [0.29, 0.717) is 6.04 Å². The molecule has 2 rings (SSSR count). The predicted octanol–water partition coefficient (Wildman–Crippen LogP) is 2.41. The fourth-order valence-electron chi connectivity index (χ4n) is 3.56. The standard InChI is InChI=1S/C20H32N4O2/c1-6-24(15(2)3)17-11-9-16(10-12-17)21-19(25)14-23-13-7-8-18(23)20(26)22(4)5/h9-12,15,18H,6-8,13-14H2,1-5H3,(H,21,25). The minimum absolute atomic E-state index is 0.0765. The van der Waals surface area contributed by atoms with Crippen molar-refractivity contribution in [1.29, 1.82) is 0 Å². The Kier molecular flexibility index (Phi) is 7.03. The number of likely N-dealkylation sites (N-methyl/N-ethyl adjacent to an activating group) is 1. The first kappa shape index (κ1) is 20.2. The van der Waals surface area contributed by atoms with Gasteiger partial charge in [-0.15, -0.1) is 0 Å². The Morgan fingerprint density at radius 2 is 1.88 bits per heavy atom. The van der Waals surface area contributed by atoms with Crippen LogP contribution >= 0.6 is 0 Å². The Morgan fingerprint density at radius 3 is 2.42 bits per heavy atom. The van der Waals surface area contributed by atoms with Crippen LogP contribution in [-0.2, 0) is 9.59 Å². The summed E-state index contributed by atoms with van der Waals surface area (Å²) < 4.78 is 0. The minimum atomic E-state index is -0.178. The van der Waals surface area contributed by atoms with E-state index in [4.69, 9.17) is 0 Å². The van der Waals surface area contributed by atoms with Gasteiger partial charge >= 0.3 is 0 Å². The van der Waals surface area contributed by atoms with Gasteiger partial charge in [0.25, 0.3) is 0 Å². The number of likely N-dealkylation sites (tertiary alicyclic amines) is 1. The lowest BCUT2D eigenvalue weighted by Gasteiger charge is -2.27. The second-order valence-corrected chi connectivity index (χ2v) is 7.34. The molecule has 1 atom stereocenters. The summed E-state index contributed by atoms with van der Waals surface area (Å²) in [4.78, 5) is 30.5. The summed E-state index contributed by atoms with van der Waals surface area (Å²) in [5.74, 6) is 0.000378. The third-order valence-corrected chi connectivity index (χ3v) is 4.88. The van der Waals surface area contributed by atoms with Crippen molar-refractivity contribution < 1.29 is 9.59 Å². The van der Waals surface area contributed by atoms with Gasteiger partial charge in [-0.05, 0) is 64.4 Å². The first-order chi connectivity index (χ1) is 12.3. The van der Waals surface area contributed by atoms with Crippen LogP contribution in [0.5, 0.6) is 0 Å². The van der Waals surface area contributed by atoms with E-state index in [2.05, 4.69) is 31.0 Å². The lowest BCUT2D eigenvalue weighted by Crippen LogP contribution is -2.45. The Bertz CT molecular complexity index is 613. The van der Waals surface area contributed by atoms with E-state index in [1.165, 1.54) is 0 Å². The molecule has 1 unspecified atom stereocenters. The summed E-state index contributed by atoms with van der Waals surface area (Å²) in [6.07, 6.45) is 1.77. The van der Waals surface area contributed by atoms with Crippen LogP contribution in [0.2, 0.25) is 0 Å². The predicted molar refractivity (Wildman–Crippen MR) is 107 cm³/mol. The molecule has 0 bridgehead atoms. The van der Waals surface area contributed by atoms with Crippen LogP contribution in [0.4, 0.5) is 11.4 Å². The number of hydrogen-bond donors (Lipinski definition) is 1. The molecule has 1 aliphatic rings. The SMILES string of the molecule is CCN(c1ccc(NC(=O)CN2CCCC2C(=O)N(C)C)cc1)C(C)C. The van der Waals surface area contributed by atoms with Gasteiger partial charge in [-0.25, -0.2) is 0 Å². The van der Waals surface area contributed by atoms with Gasteiger partial charge in [0.15, 0.2) is 0 Å². The van der Waals surface area contributed by atoms with Crippen molar-refractivity contribution in [3.63, 3.8) is 0 Å². The second-order valence-electron chi connectivity index (χ2n) is 7.34. The summed E-state index contributed by atoms with van der Waals surface area (Å²) in [5, 5.41) is 2.95. The molecule has 144 valence electrons. The quantitative estimate of drug-likeness (QED) is 0.811. The molecule has 6 heteroatoms. The highest BCUT2D eigenvalue weighted by atomic mass is 16.2. The van der Waals surface area contributed by atoms with Gasteiger partial charge in [0.05, 0.1) is 12.6 Å². The molecule has 0 aromatic heterocycles. The first-order valence-corrected chi connectivity index (χ1v) is 9.45. The van der Waals surface area contributed by atoms with Crippen molar-refractivity contribution >= 4 is 23.2 Å². The molecule has 1 aromatic carbocycles. The second kappa shape index (κ2) is 9.03. The topological polar surface area (TPSA) is 55.9 Å². The molecule has 2 amide bonds. The van der Waals surface area contributed by atoms with E-state index >= 15 is 0 Å². The number of nitrogens with zero attached hydrogens (tertiary/aromatic N) is 3. The number of amides is 2. The van der Waals surface area contributed by atoms with Gasteiger partial charge in [0.2, 0.25) is 11.8 Å². The van der Waals surface area contributed by atoms with E-state index in [-0.39, 0.29) is 24.4 Å². The number of nitrogens with one attached hydrogen (secondary N) is 1. The molecular weight excluding hydrogens is 328 g/mol. The maximum atomic E-state index is 12.4. The lowest BCUT2D eigenvalue weighted by atomic mass is 10.2. The zero-order valence-electron chi connectivity index (χ0n) is 16.7. The van der Waals surface area contributed by atoms with Gasteiger partial charge in [-0.1, -0.05) is 0 Å². The van der Waals surface area contributed by atoms with Crippen LogP contribution in [-0.4, -0.2) is 67.4 Å². The Morgan fingerprint density at radius 1 is 1.23 bits per heavy atom. The summed E-state index contributed by atoms with van der Waals surface area (Å²) in [6.45, 7) is 8.45. The average molecular weight is 361 g/mol. The molecule has 0 saturated carbocycles. The summed E-state index contributed by atoms with van der Waals surface area (Å²) in [7, 11) is 3.52. The van der Waals surface area contributed by atoms with E-state index in [1.807, 2.05) is 29.2 Å². The van der Waals surface area contributed by atoms with Crippen molar-refractivity contribution in [2.45, 2.75) is 45.7 Å². The fraction of sp³-hybridized carbons (Fsp3) is 0.600. The van der Waals surface area contributed by atoms with Crippen LogP contribution in [0.1, 0.15) is 33.6 Å². The molecule has 1 heterocycles. The Hall–Kier alpha value is -2.08. The Labute approximate surface area is 157 Å². The van der Waals surface area contributed by atoms with Gasteiger partial charge in [0.1, 0.15) is 0 Å². The van der Waals surface area contributed by atoms with Crippen LogP contribution in [0, 0.1) is 0 Å². The number of benzene rings is 1. The normalized spacial score (nSPS) is 17.4. The average Bonchev–Trinajstić information content (AvgIpc) is 3.03. The third-order valence-electron chi connectivity index (χ3n) is 4.88. The highest BCUT2D eigenvalue weighted by Crippen LogP contribution is 2.21. The highest BCUT2D eigenvalue weighted by Gasteiger charge is 2.32. The summed E-state index contributed by atoms with van der Waals surface area (Å²) >= 11 is 0. The van der Waals surface area contributed by atoms with Gasteiger partial charge in [0, 0.05) is 38.1 Å². The summed E-state index contributed by atoms with van der Waals surface area (Å²) in [6, 6.07) is 8.19. The van der Waals surface area contributed by atoms with Crippen LogP contribution in [0.3, 0.4) is 0 Å². The number of rotatable bonds is 7. The smallest absolute Gasteiger partial charge is 0.239 e. The van der Waals surface area contributed by atoms with Gasteiger partial charge in [-0.3, -0.25) is 14.5 Å². The van der Waals surface area contributed by atoms with E-state index in [1.54, 1.807) is 19.0 Å². The van der Waals surface area contributed by atoms with Crippen molar-refractivity contribution in [3.8, 4) is 0 Å². The molecule has 1 N–H and O–H groups in total. The van der Waals surface area contributed by atoms with E-state index in [0.717, 1.165) is 37.3 Å². The van der Waals surface area contributed by atoms with Crippen LogP contribution in [0.15, 0.2) is 24.3 Å². The van der Waals surface area contributed by atoms with Crippen molar-refractivity contribution in [2.24, 2.45) is 0 Å². The molecule has 1 aromatic rings. The van der Waals surface area contributed by atoms with E-state index in [9.17, 15) is 9.59 Å². The first-order valence-electron chi connectivity index (χ1n) is 9.45. The zero-order valence-corrected chi connectivity index (χ0v) is 16.7. The molecule has 26 heavy (non-hydrogen) atoms. The minimum Gasteiger partial charge on any atom is -0.369 e. The van der Waals surface area contributed by atoms with Crippen LogP contribution in [0.25, 0.3) is 0 Å². The molecule has 0 aliphatic carbocycles. The number of hydrogen-bond acceptors (Lipinski definition) is 4. The molecule has 0 radical (unpaired) electrons. The lowest BCUT2D eigenvalue weighted by molar-refractivity contribution is -0.133. The molecular formula is C20H32N4O2. The zero-order chi connectivity index (χ0) is 19.3. The van der Waals surface area contributed by atoms with Crippen molar-refractivity contribution in [2.75, 3.05) is 43.9 Å². The Balaban J connectivity index is 1.94. The molecule has 6 nitrogen and oxygen atoms in total. The van der Waals surface area contributed by atoms with E-state index < -0.39 is 0 Å². The molecule has 0 spiro atoms. The highest BCUT2D eigenvalue weighted by molar-refractivity contribution is 5.93. The van der Waals surface area contributed by atoms with Crippen LogP contribution < -0.4 is 10.2 Å². The molecule has 1 fully saturated rings. The fourth-order valence-corrected chi connectivity index (χ4v) is 3.56. The summed E-state index contributed by atoms with van der Waals surface area (Å²) in [5.41, 5.74) is 1.94. The third kappa shape index (κ3) is 4.97. The number of carbonyl (C=O) groups excluding carboxylic acids is 2. The number of carbonyl (C=O) groups is 2. The number of anilines is 2. The van der Waals surface area contributed by atoms with Gasteiger partial charge < -0.3 is 15.1 Å². The van der Waals surface area contributed by atoms with Crippen molar-refractivity contribution in [3.05, 3.63) is 24.3 Å². The van der Waals surface area contributed by atoms with Crippen molar-refractivity contribution in [1.82, 2.24) is 9.80 Å². The monoisotopic (exact) mass is 360 g/mol. The largest absolute Gasteiger partial charge is 0.369 e. The van der Waals surface area contributed by atoms with Gasteiger partial charge in [-0.2, -0.15) is 0 Å².